The van der Waals surface area contributed by atoms with Gasteiger partial charge in [-0.2, -0.15) is 0 Å². The molecule has 3 aliphatic rings. The number of aromatic nitrogens is 1. The third-order valence-corrected chi connectivity index (χ3v) is 10.1. The number of pyridine rings is 1. The Morgan fingerprint density at radius 1 is 1.07 bits per heavy atom. The maximum Gasteiger partial charge on any atom is 0.199 e. The number of fused-ring (bicyclic) bond motifs is 1. The lowest BCUT2D eigenvalue weighted by atomic mass is 9.81. The molecule has 54 heavy (non-hydrogen) atoms. The van der Waals surface area contributed by atoms with Gasteiger partial charge >= 0.3 is 0 Å². The Labute approximate surface area is 325 Å². The van der Waals surface area contributed by atoms with E-state index in [0.717, 1.165) is 78.0 Å². The number of carbonyl (C=O) groups excluding carboxylic acids is 1. The van der Waals surface area contributed by atoms with Crippen molar-refractivity contribution in [3.05, 3.63) is 118 Å². The van der Waals surface area contributed by atoms with Crippen LogP contribution < -0.4 is 15.6 Å². The molecule has 0 saturated heterocycles. The lowest BCUT2D eigenvalue weighted by Gasteiger charge is -2.23. The van der Waals surface area contributed by atoms with E-state index >= 15 is 0 Å². The Hall–Kier alpha value is -4.78. The average Bonchev–Trinajstić information content (AvgIpc) is 3.89. The monoisotopic (exact) mass is 731 g/mol. The number of allylic oxidation sites excluding steroid dienone is 7. The van der Waals surface area contributed by atoms with Crippen molar-refractivity contribution in [2.45, 2.75) is 107 Å². The fourth-order valence-electron chi connectivity index (χ4n) is 6.93. The number of benzene rings is 1. The highest BCUT2D eigenvalue weighted by Gasteiger charge is 2.27. The number of carbonyl (C=O) groups is 1. The molecule has 1 saturated carbocycles. The summed E-state index contributed by atoms with van der Waals surface area (Å²) in [5.74, 6) is 1.87. The van der Waals surface area contributed by atoms with Gasteiger partial charge in [0, 0.05) is 50.3 Å². The largest absolute Gasteiger partial charge is 0.440 e. The highest BCUT2D eigenvalue weighted by atomic mass is 16.4. The fourth-order valence-corrected chi connectivity index (χ4v) is 6.93. The molecular weight excluding hydrogens is 669 g/mol. The van der Waals surface area contributed by atoms with Gasteiger partial charge in [-0.05, 0) is 85.6 Å². The Morgan fingerprint density at radius 2 is 1.81 bits per heavy atom. The molecule has 2 heterocycles. The smallest absolute Gasteiger partial charge is 0.199 e. The second kappa shape index (κ2) is 20.6. The van der Waals surface area contributed by atoms with Crippen molar-refractivity contribution >= 4 is 34.0 Å². The molecule has 1 aromatic carbocycles. The summed E-state index contributed by atoms with van der Waals surface area (Å²) in [6.45, 7) is 22.0. The number of nitrogens with one attached hydrogen (secondary N) is 1. The Balaban J connectivity index is 0.00000157. The molecule has 0 aliphatic heterocycles. The zero-order chi connectivity index (χ0) is 39.2. The third-order valence-electron chi connectivity index (χ3n) is 10.1. The number of nitrogens with zero attached hydrogens (tertiary/aromatic N) is 3. The van der Waals surface area contributed by atoms with Crippen LogP contribution >= 0.6 is 0 Å². The van der Waals surface area contributed by atoms with E-state index in [4.69, 9.17) is 9.41 Å². The summed E-state index contributed by atoms with van der Waals surface area (Å²) in [6, 6.07) is 9.27. The van der Waals surface area contributed by atoms with Gasteiger partial charge in [0.2, 0.25) is 0 Å². The van der Waals surface area contributed by atoms with Crippen LogP contribution in [-0.2, 0) is 4.79 Å². The van der Waals surface area contributed by atoms with E-state index in [1.165, 1.54) is 31.3 Å². The average molecular weight is 732 g/mol. The Morgan fingerprint density at radius 3 is 2.48 bits per heavy atom. The summed E-state index contributed by atoms with van der Waals surface area (Å²) in [5, 5.41) is 3.88. The summed E-state index contributed by atoms with van der Waals surface area (Å²) in [6.07, 6.45) is 22.5. The van der Waals surface area contributed by atoms with E-state index < -0.39 is 0 Å². The summed E-state index contributed by atoms with van der Waals surface area (Å²) in [4.78, 5) is 38.1. The van der Waals surface area contributed by atoms with Crippen molar-refractivity contribution in [2.75, 3.05) is 23.3 Å². The lowest BCUT2D eigenvalue weighted by molar-refractivity contribution is -0.118. The third kappa shape index (κ3) is 10.9. The maximum absolute atomic E-state index is 13.5. The van der Waals surface area contributed by atoms with Gasteiger partial charge < -0.3 is 14.6 Å². The summed E-state index contributed by atoms with van der Waals surface area (Å²) in [5.41, 5.74) is 7.97. The van der Waals surface area contributed by atoms with Crippen molar-refractivity contribution < 1.29 is 10.6 Å². The van der Waals surface area contributed by atoms with Crippen LogP contribution in [0.25, 0.3) is 22.1 Å². The maximum atomic E-state index is 13.5. The van der Waals surface area contributed by atoms with Crippen LogP contribution in [0.3, 0.4) is 0 Å². The second-order valence-corrected chi connectivity index (χ2v) is 13.8. The molecule has 0 spiro atoms. The van der Waals surface area contributed by atoms with Gasteiger partial charge in [0.1, 0.15) is 11.4 Å². The van der Waals surface area contributed by atoms with Crippen LogP contribution in [0.15, 0.2) is 116 Å². The zero-order valence-corrected chi connectivity index (χ0v) is 33.9. The molecule has 7 nitrogen and oxygen atoms in total. The number of ketones is 1. The molecule has 1 atom stereocenters. The van der Waals surface area contributed by atoms with E-state index in [9.17, 15) is 9.59 Å². The van der Waals surface area contributed by atoms with Crippen molar-refractivity contribution in [1.82, 2.24) is 4.98 Å². The molecule has 7 heteroatoms. The van der Waals surface area contributed by atoms with Crippen LogP contribution in [-0.4, -0.2) is 29.6 Å². The molecule has 3 aliphatic carbocycles. The first kappa shape index (κ1) is 42.0. The minimum absolute atomic E-state index is 0. The second-order valence-electron chi connectivity index (χ2n) is 13.8. The number of hydrogen-bond donors (Lipinski definition) is 1. The van der Waals surface area contributed by atoms with E-state index in [-0.39, 0.29) is 18.6 Å². The lowest BCUT2D eigenvalue weighted by Crippen LogP contribution is -2.26. The molecule has 1 fully saturated rings. The molecule has 1 unspecified atom stereocenters. The van der Waals surface area contributed by atoms with E-state index in [1.807, 2.05) is 78.0 Å². The molecule has 6 rings (SSSR count). The van der Waals surface area contributed by atoms with E-state index in [1.54, 1.807) is 18.5 Å². The molecule has 3 aromatic rings. The molecule has 1 radical (unpaired) electrons. The van der Waals surface area contributed by atoms with Gasteiger partial charge in [-0.15, -0.1) is 0 Å². The van der Waals surface area contributed by atoms with Crippen molar-refractivity contribution in [3.8, 4) is 11.1 Å². The minimum Gasteiger partial charge on any atom is -0.440 e. The summed E-state index contributed by atoms with van der Waals surface area (Å²) in [7, 11) is 0. The zero-order valence-electron chi connectivity index (χ0n) is 33.9. The van der Waals surface area contributed by atoms with E-state index in [0.29, 0.717) is 28.6 Å². The highest BCUT2D eigenvalue weighted by molar-refractivity contribution is 6.17. The number of hydrogen-bond acceptors (Lipinski definition) is 7. The molecule has 289 valence electrons. The van der Waals surface area contributed by atoms with E-state index in [2.05, 4.69) is 54.2 Å². The van der Waals surface area contributed by atoms with Crippen LogP contribution in [0.2, 0.25) is 0 Å². The Bertz CT molecular complexity index is 1990. The molecule has 0 amide bonds. The quantitative estimate of drug-likeness (QED) is 0.167. The first-order chi connectivity index (χ1) is 26.3. The van der Waals surface area contributed by atoms with Gasteiger partial charge in [-0.1, -0.05) is 105 Å². The van der Waals surface area contributed by atoms with Crippen LogP contribution in [0.4, 0.5) is 11.6 Å². The first-order valence-electron chi connectivity index (χ1n) is 20.3. The van der Waals surface area contributed by atoms with Crippen LogP contribution in [0.1, 0.15) is 108 Å². The van der Waals surface area contributed by atoms with Gasteiger partial charge in [0.15, 0.2) is 17.1 Å². The van der Waals surface area contributed by atoms with Crippen molar-refractivity contribution in [2.24, 2.45) is 16.8 Å². The molecular formula is C47H63N4O3. The van der Waals surface area contributed by atoms with Crippen LogP contribution in [0.5, 0.6) is 0 Å². The molecule has 1 N–H and O–H groups in total. The number of anilines is 2. The highest BCUT2D eigenvalue weighted by Crippen LogP contribution is 2.36. The van der Waals surface area contributed by atoms with Gasteiger partial charge in [-0.25, -0.2) is 4.99 Å². The molecule has 0 bridgehead atoms. The van der Waals surface area contributed by atoms with Crippen molar-refractivity contribution in [3.63, 3.8) is 0 Å². The first-order valence-corrected chi connectivity index (χ1v) is 20.3. The normalized spacial score (nSPS) is 17.1. The number of Topliss-reactive ketones (excluding diaryl/α,β-unsaturated/α-hetero) is 1. The standard InChI is InChI=1S/C43H49N4O3.2C2H6.H2/c1-6-18-47(19-17-30-13-14-30)42-25-40(48)37-16-15-33(24-41(37)50-42)35-21-36(27-44-26-35)45-29(5)46-39-23-34(20-31-11-9-10-12-31)38(22-32(39)8-3)43(49)28(4)7-2;2*1-2;/h8,13-16,21-28,31,45H,5-7,9-12,17-20H2,1-4H3;2*1-2H3;1H/b32-8-,46-39-;;;. The van der Waals surface area contributed by atoms with Crippen LogP contribution in [0, 0.1) is 18.3 Å². The topological polar surface area (TPSA) is 87.8 Å². The minimum atomic E-state index is -0.0510. The number of aliphatic imine (C=N–C) groups is 1. The summed E-state index contributed by atoms with van der Waals surface area (Å²) >= 11 is 0. The molecule has 2 aromatic heterocycles. The SMILES string of the molecule is C=C(/N=C1/C=C(CC2CCCC2)C(C(=O)C(C)CC)=C/C1=C/C)Nc1cncc(-c2ccc3c(=O)cc(N(CCC)CCC4=C[CH]4)oc3c2)c1.CC.CC.[HH]. The van der Waals surface area contributed by atoms with Gasteiger partial charge in [-0.3, -0.25) is 14.6 Å². The predicted octanol–water partition coefficient (Wildman–Crippen LogP) is 12.2. The predicted molar refractivity (Wildman–Crippen MR) is 231 cm³/mol. The van der Waals surface area contributed by atoms with Gasteiger partial charge in [0.05, 0.1) is 23.0 Å². The fraction of sp³-hybridized carbons (Fsp3) is 0.426. The Kier molecular flexibility index (Phi) is 16.0. The van der Waals surface area contributed by atoms with Crippen molar-refractivity contribution in [1.29, 1.82) is 0 Å². The number of rotatable bonds is 15. The summed E-state index contributed by atoms with van der Waals surface area (Å²) < 4.78 is 6.36. The van der Waals surface area contributed by atoms with Gasteiger partial charge in [0.25, 0.3) is 0 Å².